The molecule has 7 heteroatoms. The van der Waals surface area contributed by atoms with Crippen LogP contribution in [0, 0.1) is 0 Å². The molecule has 1 aromatic rings. The van der Waals surface area contributed by atoms with Gasteiger partial charge >= 0.3 is 0 Å². The van der Waals surface area contributed by atoms with Crippen LogP contribution in [0.2, 0.25) is 0 Å². The highest BCUT2D eigenvalue weighted by atomic mass is 32.2. The minimum Gasteiger partial charge on any atom is -0.355 e. The second-order valence-electron chi connectivity index (χ2n) is 3.64. The number of anilines is 1. The monoisotopic (exact) mass is 246 g/mol. The van der Waals surface area contributed by atoms with Gasteiger partial charge in [-0.2, -0.15) is 5.10 Å². The van der Waals surface area contributed by atoms with Crippen molar-refractivity contribution in [3.05, 3.63) is 6.20 Å². The number of alkyl halides is 2. The van der Waals surface area contributed by atoms with Gasteiger partial charge in [-0.3, -0.25) is 0 Å². The van der Waals surface area contributed by atoms with E-state index in [1.165, 1.54) is 18.0 Å². The van der Waals surface area contributed by atoms with Gasteiger partial charge < -0.3 is 4.90 Å². The normalized spacial score (nSPS) is 19.8. The van der Waals surface area contributed by atoms with Gasteiger partial charge in [0.25, 0.3) is 5.92 Å². The maximum atomic E-state index is 13.0. The lowest BCUT2D eigenvalue weighted by molar-refractivity contribution is -0.0221. The number of rotatable bonds is 2. The van der Waals surface area contributed by atoms with E-state index in [4.69, 9.17) is 0 Å². The van der Waals surface area contributed by atoms with Gasteiger partial charge in [-0.25, -0.2) is 13.8 Å². The van der Waals surface area contributed by atoms with Gasteiger partial charge in [-0.15, -0.1) is 5.10 Å². The Kier molecular flexibility index (Phi) is 3.22. The average molecular weight is 246 g/mol. The van der Waals surface area contributed by atoms with E-state index in [0.717, 1.165) is 0 Å². The van der Waals surface area contributed by atoms with Crippen molar-refractivity contribution in [2.24, 2.45) is 0 Å². The molecule has 88 valence electrons. The molecule has 1 aliphatic heterocycles. The Hall–Kier alpha value is -0.980. The second-order valence-corrected chi connectivity index (χ2v) is 4.42. The highest BCUT2D eigenvalue weighted by Gasteiger charge is 2.34. The molecule has 2 heterocycles. The molecule has 1 aliphatic rings. The third-order valence-corrected chi connectivity index (χ3v) is 3.07. The molecule has 0 saturated carbocycles. The number of nitrogens with zero attached hydrogens (tertiary/aromatic N) is 4. The predicted octanol–water partition coefficient (Wildman–Crippen LogP) is 1.83. The molecule has 0 amide bonds. The van der Waals surface area contributed by atoms with Crippen LogP contribution in [0.5, 0.6) is 0 Å². The van der Waals surface area contributed by atoms with Crippen molar-refractivity contribution < 1.29 is 8.78 Å². The van der Waals surface area contributed by atoms with Crippen molar-refractivity contribution in [1.82, 2.24) is 15.2 Å². The van der Waals surface area contributed by atoms with E-state index in [-0.39, 0.29) is 12.8 Å². The van der Waals surface area contributed by atoms with Crippen LogP contribution < -0.4 is 4.90 Å². The Labute approximate surface area is 96.5 Å². The zero-order valence-corrected chi connectivity index (χ0v) is 9.68. The average Bonchev–Trinajstić information content (AvgIpc) is 2.29. The SMILES string of the molecule is CSc1nncc(N2CCC(F)(F)CC2)n1. The fraction of sp³-hybridized carbons (Fsp3) is 0.667. The molecule has 16 heavy (non-hydrogen) atoms. The van der Waals surface area contributed by atoms with Gasteiger partial charge in [-0.1, -0.05) is 11.8 Å². The smallest absolute Gasteiger partial charge is 0.251 e. The van der Waals surface area contributed by atoms with E-state index in [2.05, 4.69) is 15.2 Å². The molecule has 1 aromatic heterocycles. The lowest BCUT2D eigenvalue weighted by atomic mass is 10.1. The number of thioether (sulfide) groups is 1. The highest BCUT2D eigenvalue weighted by Crippen LogP contribution is 2.29. The summed E-state index contributed by atoms with van der Waals surface area (Å²) in [6.07, 6.45) is 3.13. The van der Waals surface area contributed by atoms with Crippen LogP contribution in [-0.4, -0.2) is 40.4 Å². The van der Waals surface area contributed by atoms with Crippen LogP contribution >= 0.6 is 11.8 Å². The standard InChI is InChI=1S/C9H12F2N4S/c1-16-8-13-7(6-12-14-8)15-4-2-9(10,11)3-5-15/h6H,2-5H2,1H3. The van der Waals surface area contributed by atoms with E-state index in [1.807, 2.05) is 11.2 Å². The van der Waals surface area contributed by atoms with Crippen molar-refractivity contribution in [3.63, 3.8) is 0 Å². The van der Waals surface area contributed by atoms with Crippen LogP contribution in [0.4, 0.5) is 14.6 Å². The van der Waals surface area contributed by atoms with E-state index in [9.17, 15) is 8.78 Å². The number of aromatic nitrogens is 3. The van der Waals surface area contributed by atoms with Crippen LogP contribution in [0.1, 0.15) is 12.8 Å². The van der Waals surface area contributed by atoms with Crippen LogP contribution in [-0.2, 0) is 0 Å². The van der Waals surface area contributed by atoms with Crippen LogP contribution in [0.15, 0.2) is 11.4 Å². The van der Waals surface area contributed by atoms with Crippen molar-refractivity contribution in [2.45, 2.75) is 23.9 Å². The number of hydrogen-bond acceptors (Lipinski definition) is 5. The largest absolute Gasteiger partial charge is 0.355 e. The Morgan fingerprint density at radius 3 is 2.69 bits per heavy atom. The van der Waals surface area contributed by atoms with E-state index < -0.39 is 5.92 Å². The van der Waals surface area contributed by atoms with E-state index in [1.54, 1.807) is 0 Å². The molecule has 2 rings (SSSR count). The summed E-state index contributed by atoms with van der Waals surface area (Å²) in [5, 5.41) is 8.18. The van der Waals surface area contributed by atoms with Crippen LogP contribution in [0.3, 0.4) is 0 Å². The Morgan fingerprint density at radius 2 is 2.06 bits per heavy atom. The minimum atomic E-state index is -2.53. The topological polar surface area (TPSA) is 41.9 Å². The third-order valence-electron chi connectivity index (χ3n) is 2.53. The zero-order chi connectivity index (χ0) is 11.6. The molecule has 1 saturated heterocycles. The third kappa shape index (κ3) is 2.58. The molecule has 0 aliphatic carbocycles. The minimum absolute atomic E-state index is 0.119. The van der Waals surface area contributed by atoms with Crippen molar-refractivity contribution in [1.29, 1.82) is 0 Å². The summed E-state index contributed by atoms with van der Waals surface area (Å²) in [6, 6.07) is 0. The highest BCUT2D eigenvalue weighted by molar-refractivity contribution is 7.98. The summed E-state index contributed by atoms with van der Waals surface area (Å²) in [7, 11) is 0. The molecule has 0 bridgehead atoms. The number of hydrogen-bond donors (Lipinski definition) is 0. The summed E-state index contributed by atoms with van der Waals surface area (Å²) >= 11 is 1.39. The second kappa shape index (κ2) is 4.48. The summed E-state index contributed by atoms with van der Waals surface area (Å²) in [6.45, 7) is 0.638. The van der Waals surface area contributed by atoms with E-state index in [0.29, 0.717) is 24.1 Å². The molecule has 0 radical (unpaired) electrons. The Balaban J connectivity index is 2.08. The summed E-state index contributed by atoms with van der Waals surface area (Å²) in [5.74, 6) is -1.89. The molecule has 0 atom stereocenters. The lowest BCUT2D eigenvalue weighted by Gasteiger charge is -2.32. The van der Waals surface area contributed by atoms with Gasteiger partial charge in [0, 0.05) is 25.9 Å². The molecule has 4 nitrogen and oxygen atoms in total. The lowest BCUT2D eigenvalue weighted by Crippen LogP contribution is -2.39. The first kappa shape index (κ1) is 11.5. The fourth-order valence-corrected chi connectivity index (χ4v) is 1.89. The fourth-order valence-electron chi connectivity index (χ4n) is 1.58. The quantitative estimate of drug-likeness (QED) is 0.745. The van der Waals surface area contributed by atoms with Gasteiger partial charge in [-0.05, 0) is 6.26 Å². The van der Waals surface area contributed by atoms with Gasteiger partial charge in [0.15, 0.2) is 5.82 Å². The summed E-state index contributed by atoms with van der Waals surface area (Å²) in [5.41, 5.74) is 0. The van der Waals surface area contributed by atoms with Gasteiger partial charge in [0.2, 0.25) is 5.16 Å². The summed E-state index contributed by atoms with van der Waals surface area (Å²) < 4.78 is 25.9. The molecule has 0 spiro atoms. The van der Waals surface area contributed by atoms with Crippen molar-refractivity contribution in [3.8, 4) is 0 Å². The first-order valence-corrected chi connectivity index (χ1v) is 6.20. The summed E-state index contributed by atoms with van der Waals surface area (Å²) in [4.78, 5) is 6.06. The maximum Gasteiger partial charge on any atom is 0.251 e. The number of halogens is 2. The molecule has 0 aromatic carbocycles. The van der Waals surface area contributed by atoms with Gasteiger partial charge in [0.1, 0.15) is 0 Å². The van der Waals surface area contributed by atoms with Crippen molar-refractivity contribution in [2.75, 3.05) is 24.2 Å². The predicted molar refractivity (Wildman–Crippen MR) is 58.0 cm³/mol. The first-order chi connectivity index (χ1) is 7.61. The molecule has 1 fully saturated rings. The molecular weight excluding hydrogens is 234 g/mol. The molecule has 0 N–H and O–H groups in total. The number of piperidine rings is 1. The van der Waals surface area contributed by atoms with Crippen LogP contribution in [0.25, 0.3) is 0 Å². The molecular formula is C9H12F2N4S. The zero-order valence-electron chi connectivity index (χ0n) is 8.86. The Bertz CT molecular complexity index is 364. The van der Waals surface area contributed by atoms with E-state index >= 15 is 0 Å². The Morgan fingerprint density at radius 1 is 1.38 bits per heavy atom. The molecule has 0 unspecified atom stereocenters. The first-order valence-electron chi connectivity index (χ1n) is 4.97. The van der Waals surface area contributed by atoms with Crippen molar-refractivity contribution >= 4 is 17.6 Å². The maximum absolute atomic E-state index is 13.0. The van der Waals surface area contributed by atoms with Gasteiger partial charge in [0.05, 0.1) is 6.20 Å².